The molecule has 0 spiro atoms. The van der Waals surface area contributed by atoms with E-state index in [1.54, 1.807) is 6.92 Å². The van der Waals surface area contributed by atoms with Gasteiger partial charge in [-0.3, -0.25) is 19.7 Å². The Bertz CT molecular complexity index is 1400. The molecule has 3 N–H and O–H groups in total. The van der Waals surface area contributed by atoms with E-state index in [0.717, 1.165) is 22.3 Å². The first-order valence-corrected chi connectivity index (χ1v) is 15.5. The van der Waals surface area contributed by atoms with Crippen molar-refractivity contribution in [3.8, 4) is 0 Å². The number of nitrogens with one attached hydrogen (secondary N) is 3. The topological polar surface area (TPSA) is 96.5 Å². The van der Waals surface area contributed by atoms with Crippen molar-refractivity contribution in [1.82, 2.24) is 16.0 Å². The van der Waals surface area contributed by atoms with E-state index < -0.39 is 29.5 Å². The lowest BCUT2D eigenvalue weighted by atomic mass is 9.76. The van der Waals surface area contributed by atoms with Crippen LogP contribution in [0.2, 0.25) is 0 Å². The van der Waals surface area contributed by atoms with Gasteiger partial charge in [-0.1, -0.05) is 135 Å². The van der Waals surface area contributed by atoms with Crippen LogP contribution in [0.3, 0.4) is 0 Å². The van der Waals surface area contributed by atoms with Crippen molar-refractivity contribution in [3.05, 3.63) is 144 Å². The zero-order valence-electron chi connectivity index (χ0n) is 26.2. The molecule has 0 radical (unpaired) electrons. The largest absolute Gasteiger partial charge is 0.465 e. The normalized spacial score (nSPS) is 12.6. The highest BCUT2D eigenvalue weighted by atomic mass is 16.5. The van der Waals surface area contributed by atoms with E-state index in [-0.39, 0.29) is 25.0 Å². The lowest BCUT2D eigenvalue weighted by molar-refractivity contribution is -0.143. The van der Waals surface area contributed by atoms with Crippen molar-refractivity contribution in [2.24, 2.45) is 5.92 Å². The third kappa shape index (κ3) is 8.89. The van der Waals surface area contributed by atoms with Crippen LogP contribution in [0, 0.1) is 5.92 Å². The molecular weight excluding hydrogens is 562 g/mol. The fourth-order valence-electron chi connectivity index (χ4n) is 5.60. The summed E-state index contributed by atoms with van der Waals surface area (Å²) in [4.78, 5) is 39.7. The average Bonchev–Trinajstić information content (AvgIpc) is 3.07. The van der Waals surface area contributed by atoms with Crippen molar-refractivity contribution < 1.29 is 19.1 Å². The summed E-state index contributed by atoms with van der Waals surface area (Å²) in [6.45, 7) is 5.65. The lowest BCUT2D eigenvalue weighted by Crippen LogP contribution is -2.59. The molecule has 234 valence electrons. The highest BCUT2D eigenvalue weighted by Crippen LogP contribution is 2.37. The maximum Gasteiger partial charge on any atom is 0.325 e. The van der Waals surface area contributed by atoms with Gasteiger partial charge in [-0.05, 0) is 47.9 Å². The van der Waals surface area contributed by atoms with E-state index in [1.165, 1.54) is 0 Å². The summed E-state index contributed by atoms with van der Waals surface area (Å²) in [5, 5.41) is 9.49. The minimum absolute atomic E-state index is 0.112. The zero-order valence-corrected chi connectivity index (χ0v) is 26.2. The van der Waals surface area contributed by atoms with Gasteiger partial charge in [-0.15, -0.1) is 0 Å². The summed E-state index contributed by atoms with van der Waals surface area (Å²) in [6.07, 6.45) is 0.777. The Balaban J connectivity index is 1.77. The van der Waals surface area contributed by atoms with Gasteiger partial charge in [-0.2, -0.15) is 0 Å². The van der Waals surface area contributed by atoms with Gasteiger partial charge in [0.1, 0.15) is 12.6 Å². The van der Waals surface area contributed by atoms with Crippen LogP contribution in [-0.4, -0.2) is 43.0 Å². The smallest absolute Gasteiger partial charge is 0.325 e. The zero-order chi connectivity index (χ0) is 32.1. The van der Waals surface area contributed by atoms with Crippen LogP contribution in [-0.2, 0) is 31.1 Å². The summed E-state index contributed by atoms with van der Waals surface area (Å²) in [7, 11) is 0. The van der Waals surface area contributed by atoms with Crippen molar-refractivity contribution >= 4 is 17.8 Å². The van der Waals surface area contributed by atoms with E-state index >= 15 is 0 Å². The van der Waals surface area contributed by atoms with E-state index in [4.69, 9.17) is 4.74 Å². The molecular formula is C38H43N3O4. The summed E-state index contributed by atoms with van der Waals surface area (Å²) in [5.41, 5.74) is 2.98. The first kappa shape index (κ1) is 33.1. The van der Waals surface area contributed by atoms with Crippen LogP contribution in [0.25, 0.3) is 0 Å². The summed E-state index contributed by atoms with van der Waals surface area (Å²) in [5.74, 6) is -1.16. The average molecular weight is 606 g/mol. The Labute approximate surface area is 266 Å². The van der Waals surface area contributed by atoms with Gasteiger partial charge < -0.3 is 15.4 Å². The van der Waals surface area contributed by atoms with Crippen molar-refractivity contribution in [2.45, 2.75) is 51.2 Å². The first-order valence-electron chi connectivity index (χ1n) is 15.5. The van der Waals surface area contributed by atoms with Gasteiger partial charge in [0.05, 0.1) is 18.2 Å². The molecule has 0 saturated heterocycles. The Morgan fingerprint density at radius 3 is 1.58 bits per heavy atom. The summed E-state index contributed by atoms with van der Waals surface area (Å²) in [6, 6.07) is 38.5. The molecule has 0 aromatic heterocycles. The van der Waals surface area contributed by atoms with Crippen LogP contribution in [0.1, 0.15) is 49.4 Å². The SMILES string of the molecule is CCOC(=O)CNC(=O)C(CC(C)C)NC(=O)C(Cc1ccccc1)NC(c1ccccc1)(c1ccccc1)c1ccccc1. The number of ether oxygens (including phenoxy) is 1. The molecule has 2 unspecified atom stereocenters. The van der Waals surface area contributed by atoms with Gasteiger partial charge in [-0.25, -0.2) is 0 Å². The van der Waals surface area contributed by atoms with Gasteiger partial charge in [0.25, 0.3) is 0 Å². The van der Waals surface area contributed by atoms with Crippen molar-refractivity contribution in [2.75, 3.05) is 13.2 Å². The summed E-state index contributed by atoms with van der Waals surface area (Å²) >= 11 is 0. The van der Waals surface area contributed by atoms with Crippen LogP contribution in [0.5, 0.6) is 0 Å². The minimum Gasteiger partial charge on any atom is -0.465 e. The van der Waals surface area contributed by atoms with Crippen molar-refractivity contribution in [3.63, 3.8) is 0 Å². The summed E-state index contributed by atoms with van der Waals surface area (Å²) < 4.78 is 4.97. The van der Waals surface area contributed by atoms with Crippen LogP contribution < -0.4 is 16.0 Å². The molecule has 2 amide bonds. The molecule has 4 rings (SSSR count). The monoisotopic (exact) mass is 605 g/mol. The number of hydrogen-bond acceptors (Lipinski definition) is 5. The molecule has 0 aliphatic rings. The number of rotatable bonds is 15. The molecule has 0 bridgehead atoms. The number of carbonyl (C=O) groups excluding carboxylic acids is 3. The van der Waals surface area contributed by atoms with E-state index in [1.807, 2.05) is 98.8 Å². The van der Waals surface area contributed by atoms with E-state index in [9.17, 15) is 14.4 Å². The van der Waals surface area contributed by atoms with Crippen LogP contribution in [0.15, 0.2) is 121 Å². The fourth-order valence-corrected chi connectivity index (χ4v) is 5.60. The van der Waals surface area contributed by atoms with Crippen LogP contribution in [0.4, 0.5) is 0 Å². The molecule has 2 atom stereocenters. The second-order valence-corrected chi connectivity index (χ2v) is 11.4. The third-order valence-corrected chi connectivity index (χ3v) is 7.66. The Kier molecular flexibility index (Phi) is 12.0. The highest BCUT2D eigenvalue weighted by molar-refractivity contribution is 5.91. The Morgan fingerprint density at radius 2 is 1.13 bits per heavy atom. The standard InChI is InChI=1S/C38H43N3O4/c1-4-45-35(42)27-39-36(43)33(25-28(2)3)40-37(44)34(26-29-17-9-5-10-18-29)41-38(30-19-11-6-12-20-30,31-21-13-7-14-22-31)32-23-15-8-16-24-32/h5-24,28,33-34,41H,4,25-27H2,1-3H3,(H,39,43)(H,40,44). The maximum absolute atomic E-state index is 14.4. The van der Waals surface area contributed by atoms with Crippen LogP contribution >= 0.6 is 0 Å². The lowest BCUT2D eigenvalue weighted by Gasteiger charge is -2.40. The molecule has 0 saturated carbocycles. The molecule has 0 fully saturated rings. The molecule has 4 aromatic rings. The number of carbonyl (C=O) groups is 3. The number of amides is 2. The van der Waals surface area contributed by atoms with E-state index in [2.05, 4.69) is 52.3 Å². The van der Waals surface area contributed by atoms with Gasteiger partial charge in [0, 0.05) is 0 Å². The predicted octanol–water partition coefficient (Wildman–Crippen LogP) is 5.39. The van der Waals surface area contributed by atoms with Gasteiger partial charge in [0.2, 0.25) is 11.8 Å². The molecule has 7 nitrogen and oxygen atoms in total. The maximum atomic E-state index is 14.4. The Morgan fingerprint density at radius 1 is 0.667 bits per heavy atom. The van der Waals surface area contributed by atoms with Gasteiger partial charge in [0.15, 0.2) is 0 Å². The second kappa shape index (κ2) is 16.4. The minimum atomic E-state index is -0.902. The molecule has 0 heterocycles. The molecule has 0 aliphatic carbocycles. The molecule has 7 heteroatoms. The Hall–Kier alpha value is -4.75. The molecule has 4 aromatic carbocycles. The fraction of sp³-hybridized carbons (Fsp3) is 0.289. The van der Waals surface area contributed by atoms with Crippen molar-refractivity contribution in [1.29, 1.82) is 0 Å². The quantitative estimate of drug-likeness (QED) is 0.125. The van der Waals surface area contributed by atoms with Gasteiger partial charge >= 0.3 is 5.97 Å². The highest BCUT2D eigenvalue weighted by Gasteiger charge is 2.40. The number of benzene rings is 4. The predicted molar refractivity (Wildman–Crippen MR) is 177 cm³/mol. The first-order chi connectivity index (χ1) is 21.8. The number of hydrogen-bond donors (Lipinski definition) is 3. The molecule has 45 heavy (non-hydrogen) atoms. The number of esters is 1. The third-order valence-electron chi connectivity index (χ3n) is 7.66. The van der Waals surface area contributed by atoms with E-state index in [0.29, 0.717) is 12.8 Å². The second-order valence-electron chi connectivity index (χ2n) is 11.4. The molecule has 0 aliphatic heterocycles.